The van der Waals surface area contributed by atoms with E-state index < -0.39 is 0 Å². The van der Waals surface area contributed by atoms with Crippen molar-refractivity contribution in [3.63, 3.8) is 0 Å². The highest BCUT2D eigenvalue weighted by atomic mass is 15.2. The van der Waals surface area contributed by atoms with E-state index in [-0.39, 0.29) is 0 Å². The van der Waals surface area contributed by atoms with Gasteiger partial charge in [-0.15, -0.1) is 0 Å². The number of aromatic nitrogens is 3. The second kappa shape index (κ2) is 8.58. The summed E-state index contributed by atoms with van der Waals surface area (Å²) in [7, 11) is 0. The highest BCUT2D eigenvalue weighted by Crippen LogP contribution is 2.23. The normalized spacial score (nSPS) is 11.6. The molecule has 0 atom stereocenters. The molecule has 2 aromatic heterocycles. The molecule has 0 saturated heterocycles. The maximum Gasteiger partial charge on any atom is 0.124 e. The number of aryl methyl sites for hydroxylation is 1. The van der Waals surface area contributed by atoms with Gasteiger partial charge in [0.05, 0.1) is 17.6 Å². The van der Waals surface area contributed by atoms with Gasteiger partial charge in [-0.25, -0.2) is 4.98 Å². The molecule has 0 bridgehead atoms. The first kappa shape index (κ1) is 19.3. The van der Waals surface area contributed by atoms with Crippen LogP contribution in [0.5, 0.6) is 0 Å². The van der Waals surface area contributed by atoms with Crippen molar-refractivity contribution in [2.45, 2.75) is 46.4 Å². The molecule has 148 valence electrons. The van der Waals surface area contributed by atoms with Crippen LogP contribution in [0.4, 0.5) is 0 Å². The minimum atomic E-state index is 0.361. The molecule has 4 heteroatoms. The molecule has 4 aromatic rings. The Morgan fingerprint density at radius 1 is 0.828 bits per heavy atom. The van der Waals surface area contributed by atoms with Crippen LogP contribution in [-0.2, 0) is 19.6 Å². The average molecular weight is 385 g/mol. The highest BCUT2D eigenvalue weighted by molar-refractivity contribution is 5.76. The van der Waals surface area contributed by atoms with Crippen LogP contribution in [0.15, 0.2) is 73.1 Å². The molecule has 0 N–H and O–H groups in total. The van der Waals surface area contributed by atoms with Gasteiger partial charge < -0.3 is 4.57 Å². The first-order valence-electron chi connectivity index (χ1n) is 10.2. The molecular weight excluding hydrogens is 356 g/mol. The maximum atomic E-state index is 4.98. The van der Waals surface area contributed by atoms with E-state index in [0.29, 0.717) is 6.04 Å². The lowest BCUT2D eigenvalue weighted by molar-refractivity contribution is 0.236. The summed E-state index contributed by atoms with van der Waals surface area (Å²) in [5, 5.41) is 0. The smallest absolute Gasteiger partial charge is 0.124 e. The Hall–Kier alpha value is -2.98. The average Bonchev–Trinajstić information content (AvgIpc) is 3.08. The van der Waals surface area contributed by atoms with Crippen molar-refractivity contribution < 1.29 is 0 Å². The highest BCUT2D eigenvalue weighted by Gasteiger charge is 2.17. The molecule has 0 radical (unpaired) electrons. The Labute approximate surface area is 172 Å². The van der Waals surface area contributed by atoms with E-state index in [1.54, 1.807) is 0 Å². The number of imidazole rings is 1. The van der Waals surface area contributed by atoms with Gasteiger partial charge in [0.1, 0.15) is 5.82 Å². The van der Waals surface area contributed by atoms with Gasteiger partial charge in [0.2, 0.25) is 0 Å². The standard InChI is InChI=1S/C25H28N4/c1-19(2)29-24-7-5-4-6-23(24)27-25(29)18-28(17-22-12-14-26-15-13-22)16-21-10-8-20(3)9-11-21/h4-15,19H,16-18H2,1-3H3. The number of fused-ring (bicyclic) bond motifs is 1. The molecule has 4 rings (SSSR count). The van der Waals surface area contributed by atoms with Gasteiger partial charge in [-0.3, -0.25) is 9.88 Å². The summed E-state index contributed by atoms with van der Waals surface area (Å²) < 4.78 is 2.37. The van der Waals surface area contributed by atoms with Crippen molar-refractivity contribution in [3.05, 3.63) is 95.6 Å². The van der Waals surface area contributed by atoms with Gasteiger partial charge in [-0.05, 0) is 56.2 Å². The largest absolute Gasteiger partial charge is 0.324 e. The summed E-state index contributed by atoms with van der Waals surface area (Å²) in [5.74, 6) is 1.11. The Morgan fingerprint density at radius 2 is 1.48 bits per heavy atom. The quantitative estimate of drug-likeness (QED) is 0.420. The van der Waals surface area contributed by atoms with Gasteiger partial charge in [0.15, 0.2) is 0 Å². The molecule has 0 saturated carbocycles. The fourth-order valence-electron chi connectivity index (χ4n) is 3.85. The molecule has 2 heterocycles. The lowest BCUT2D eigenvalue weighted by Crippen LogP contribution is -2.25. The molecule has 2 aromatic carbocycles. The van der Waals surface area contributed by atoms with Crippen LogP contribution in [0.25, 0.3) is 11.0 Å². The fourth-order valence-corrected chi connectivity index (χ4v) is 3.85. The molecule has 29 heavy (non-hydrogen) atoms. The summed E-state index contributed by atoms with van der Waals surface area (Å²) in [4.78, 5) is 11.6. The van der Waals surface area contributed by atoms with E-state index in [0.717, 1.165) is 31.0 Å². The van der Waals surface area contributed by atoms with E-state index >= 15 is 0 Å². The topological polar surface area (TPSA) is 34.0 Å². The van der Waals surface area contributed by atoms with Crippen LogP contribution in [-0.4, -0.2) is 19.4 Å². The molecule has 0 aliphatic rings. The van der Waals surface area contributed by atoms with E-state index in [1.807, 2.05) is 12.4 Å². The zero-order valence-corrected chi connectivity index (χ0v) is 17.4. The third-order valence-corrected chi connectivity index (χ3v) is 5.23. The molecule has 0 unspecified atom stereocenters. The summed E-state index contributed by atoms with van der Waals surface area (Å²) in [6.45, 7) is 9.11. The summed E-state index contributed by atoms with van der Waals surface area (Å²) in [5.41, 5.74) is 6.14. The van der Waals surface area contributed by atoms with E-state index in [1.165, 1.54) is 22.2 Å². The Bertz CT molecular complexity index is 1070. The van der Waals surface area contributed by atoms with Crippen molar-refractivity contribution in [1.82, 2.24) is 19.4 Å². The Kier molecular flexibility index (Phi) is 5.72. The number of hydrogen-bond donors (Lipinski definition) is 0. The first-order chi connectivity index (χ1) is 14.1. The number of hydrogen-bond acceptors (Lipinski definition) is 3. The first-order valence-corrected chi connectivity index (χ1v) is 10.2. The summed E-state index contributed by atoms with van der Waals surface area (Å²) in [6.07, 6.45) is 3.73. The zero-order chi connectivity index (χ0) is 20.2. The van der Waals surface area contributed by atoms with Crippen molar-refractivity contribution in [2.24, 2.45) is 0 Å². The third-order valence-electron chi connectivity index (χ3n) is 5.23. The minimum Gasteiger partial charge on any atom is -0.324 e. The molecule has 4 nitrogen and oxygen atoms in total. The van der Waals surface area contributed by atoms with Crippen LogP contribution in [0.1, 0.15) is 42.4 Å². The van der Waals surface area contributed by atoms with Crippen molar-refractivity contribution in [3.8, 4) is 0 Å². The van der Waals surface area contributed by atoms with Gasteiger partial charge >= 0.3 is 0 Å². The number of nitrogens with zero attached hydrogens (tertiary/aromatic N) is 4. The molecule has 0 aliphatic carbocycles. The van der Waals surface area contributed by atoms with E-state index in [9.17, 15) is 0 Å². The van der Waals surface area contributed by atoms with Crippen molar-refractivity contribution in [2.75, 3.05) is 0 Å². The van der Waals surface area contributed by atoms with Gasteiger partial charge in [0, 0.05) is 31.5 Å². The van der Waals surface area contributed by atoms with Gasteiger partial charge in [0.25, 0.3) is 0 Å². The van der Waals surface area contributed by atoms with Crippen LogP contribution < -0.4 is 0 Å². The van der Waals surface area contributed by atoms with Gasteiger partial charge in [-0.2, -0.15) is 0 Å². The van der Waals surface area contributed by atoms with Gasteiger partial charge in [-0.1, -0.05) is 42.0 Å². The molecular formula is C25H28N4. The second-order valence-corrected chi connectivity index (χ2v) is 7.97. The molecule has 0 fully saturated rings. The lowest BCUT2D eigenvalue weighted by atomic mass is 10.1. The zero-order valence-electron chi connectivity index (χ0n) is 17.4. The van der Waals surface area contributed by atoms with Crippen molar-refractivity contribution >= 4 is 11.0 Å². The predicted molar refractivity (Wildman–Crippen MR) is 118 cm³/mol. The minimum absolute atomic E-state index is 0.361. The number of para-hydroxylation sites is 2. The van der Waals surface area contributed by atoms with Crippen LogP contribution in [0.3, 0.4) is 0 Å². The summed E-state index contributed by atoms with van der Waals surface area (Å²) in [6, 6.07) is 21.8. The lowest BCUT2D eigenvalue weighted by Gasteiger charge is -2.24. The SMILES string of the molecule is Cc1ccc(CN(Cc2ccncc2)Cc2nc3ccccc3n2C(C)C)cc1. The molecule has 0 amide bonds. The Morgan fingerprint density at radius 3 is 2.17 bits per heavy atom. The van der Waals surface area contributed by atoms with E-state index in [4.69, 9.17) is 4.98 Å². The maximum absolute atomic E-state index is 4.98. The molecule has 0 aliphatic heterocycles. The van der Waals surface area contributed by atoms with Crippen molar-refractivity contribution in [1.29, 1.82) is 0 Å². The summed E-state index contributed by atoms with van der Waals surface area (Å²) >= 11 is 0. The Balaban J connectivity index is 1.66. The number of pyridine rings is 1. The number of rotatable bonds is 7. The fraction of sp³-hybridized carbons (Fsp3) is 0.280. The van der Waals surface area contributed by atoms with E-state index in [2.05, 4.69) is 95.9 Å². The molecule has 0 spiro atoms. The number of benzene rings is 2. The third kappa shape index (κ3) is 4.54. The monoisotopic (exact) mass is 384 g/mol. The van der Waals surface area contributed by atoms with Crippen LogP contribution >= 0.6 is 0 Å². The van der Waals surface area contributed by atoms with Crippen LogP contribution in [0.2, 0.25) is 0 Å². The van der Waals surface area contributed by atoms with Crippen LogP contribution in [0, 0.1) is 6.92 Å². The predicted octanol–water partition coefficient (Wildman–Crippen LogP) is 5.52. The second-order valence-electron chi connectivity index (χ2n) is 7.97.